The molecular weight excluding hydrogens is 336 g/mol. The Morgan fingerprint density at radius 3 is 2.62 bits per heavy atom. The van der Waals surface area contributed by atoms with Gasteiger partial charge in [0, 0.05) is 0 Å². The molecule has 1 atom stereocenters. The van der Waals surface area contributed by atoms with Gasteiger partial charge in [0.15, 0.2) is 5.60 Å². The summed E-state index contributed by atoms with van der Waals surface area (Å²) in [6, 6.07) is 7.21. The third kappa shape index (κ3) is 4.40. The third-order valence-electron chi connectivity index (χ3n) is 4.00. The highest BCUT2D eigenvalue weighted by Crippen LogP contribution is 2.23. The zero-order chi connectivity index (χ0) is 19.3. The van der Waals surface area contributed by atoms with Gasteiger partial charge in [-0.2, -0.15) is 5.10 Å². The van der Waals surface area contributed by atoms with Gasteiger partial charge in [-0.1, -0.05) is 31.5 Å². The fourth-order valence-electron chi connectivity index (χ4n) is 2.46. The van der Waals surface area contributed by atoms with Crippen molar-refractivity contribution in [2.75, 3.05) is 11.9 Å². The van der Waals surface area contributed by atoms with Gasteiger partial charge in [0.05, 0.1) is 29.8 Å². The summed E-state index contributed by atoms with van der Waals surface area (Å²) in [4.78, 5) is 23.0. The second kappa shape index (κ2) is 8.01. The standard InChI is InChI=1S/C18H24N4O4/c1-4-7-15-13(21-17(25)19-11-18(3,26)16(23)24)10-20-22(15)14-9-6-5-8-12(14)2/h5-6,8-10,26H,4,7,11H2,1-3H3,(H,23,24)(H2,19,21,25). The van der Waals surface area contributed by atoms with Gasteiger partial charge in [0.2, 0.25) is 0 Å². The van der Waals surface area contributed by atoms with Gasteiger partial charge < -0.3 is 20.8 Å². The number of amides is 2. The lowest BCUT2D eigenvalue weighted by Crippen LogP contribution is -2.47. The Labute approximate surface area is 151 Å². The van der Waals surface area contributed by atoms with Crippen LogP contribution in [-0.2, 0) is 11.2 Å². The maximum atomic E-state index is 12.1. The molecule has 8 nitrogen and oxygen atoms in total. The van der Waals surface area contributed by atoms with Crippen molar-refractivity contribution in [3.8, 4) is 5.69 Å². The molecule has 1 unspecified atom stereocenters. The summed E-state index contributed by atoms with van der Waals surface area (Å²) in [5.41, 5.74) is 1.35. The summed E-state index contributed by atoms with van der Waals surface area (Å²) in [7, 11) is 0. The molecule has 4 N–H and O–H groups in total. The van der Waals surface area contributed by atoms with Crippen molar-refractivity contribution in [2.45, 2.75) is 39.2 Å². The van der Waals surface area contributed by atoms with Gasteiger partial charge in [-0.05, 0) is 31.9 Å². The SMILES string of the molecule is CCCc1c(NC(=O)NCC(C)(O)C(=O)O)cnn1-c1ccccc1C. The number of aromatic nitrogens is 2. The van der Waals surface area contributed by atoms with E-state index in [-0.39, 0.29) is 0 Å². The number of nitrogens with one attached hydrogen (secondary N) is 2. The number of aryl methyl sites for hydroxylation is 1. The molecule has 140 valence electrons. The van der Waals surface area contributed by atoms with E-state index in [9.17, 15) is 14.7 Å². The molecule has 1 heterocycles. The normalized spacial score (nSPS) is 13.1. The molecule has 0 radical (unpaired) electrons. The molecule has 1 aromatic carbocycles. The monoisotopic (exact) mass is 360 g/mol. The molecule has 8 heteroatoms. The number of benzene rings is 1. The van der Waals surface area contributed by atoms with Crippen LogP contribution in [0, 0.1) is 6.92 Å². The van der Waals surface area contributed by atoms with Crippen molar-refractivity contribution in [3.63, 3.8) is 0 Å². The molecule has 0 aliphatic heterocycles. The number of carboxylic acid groups (broad SMARTS) is 1. The number of carbonyl (C=O) groups is 2. The van der Waals surface area contributed by atoms with Crippen molar-refractivity contribution in [3.05, 3.63) is 41.7 Å². The maximum absolute atomic E-state index is 12.1. The zero-order valence-corrected chi connectivity index (χ0v) is 15.1. The van der Waals surface area contributed by atoms with Crippen molar-refractivity contribution in [1.29, 1.82) is 0 Å². The largest absolute Gasteiger partial charge is 0.479 e. The molecule has 2 amide bonds. The molecule has 2 rings (SSSR count). The van der Waals surface area contributed by atoms with E-state index in [0.29, 0.717) is 12.1 Å². The molecule has 0 aliphatic carbocycles. The van der Waals surface area contributed by atoms with Gasteiger partial charge in [-0.15, -0.1) is 0 Å². The summed E-state index contributed by atoms with van der Waals surface area (Å²) in [6.07, 6.45) is 3.13. The number of aliphatic hydroxyl groups is 1. The number of hydrogen-bond donors (Lipinski definition) is 4. The number of carbonyl (C=O) groups excluding carboxylic acids is 1. The predicted octanol–water partition coefficient (Wildman–Crippen LogP) is 2.09. The van der Waals surface area contributed by atoms with Crippen LogP contribution in [0.3, 0.4) is 0 Å². The first kappa shape index (κ1) is 19.5. The number of hydrogen-bond acceptors (Lipinski definition) is 4. The Balaban J connectivity index is 2.19. The van der Waals surface area contributed by atoms with Crippen LogP contribution in [0.2, 0.25) is 0 Å². The minimum absolute atomic E-state index is 0.413. The fourth-order valence-corrected chi connectivity index (χ4v) is 2.46. The number of nitrogens with zero attached hydrogens (tertiary/aromatic N) is 2. The van der Waals surface area contributed by atoms with E-state index in [4.69, 9.17) is 5.11 Å². The van der Waals surface area contributed by atoms with Crippen molar-refractivity contribution >= 4 is 17.7 Å². The van der Waals surface area contributed by atoms with Crippen LogP contribution >= 0.6 is 0 Å². The predicted molar refractivity (Wildman–Crippen MR) is 97.6 cm³/mol. The Bertz CT molecular complexity index is 798. The molecule has 1 aromatic heterocycles. The average Bonchev–Trinajstić information content (AvgIpc) is 2.96. The van der Waals surface area contributed by atoms with Crippen LogP contribution in [0.15, 0.2) is 30.5 Å². The zero-order valence-electron chi connectivity index (χ0n) is 15.1. The van der Waals surface area contributed by atoms with Gasteiger partial charge >= 0.3 is 12.0 Å². The lowest BCUT2D eigenvalue weighted by molar-refractivity contribution is -0.155. The summed E-state index contributed by atoms with van der Waals surface area (Å²) in [6.45, 7) is 4.72. The molecule has 2 aromatic rings. The fraction of sp³-hybridized carbons (Fsp3) is 0.389. The number of para-hydroxylation sites is 1. The summed E-state index contributed by atoms with van der Waals surface area (Å²) in [5, 5.41) is 28.0. The molecule has 0 fully saturated rings. The molecule has 0 spiro atoms. The second-order valence-corrected chi connectivity index (χ2v) is 6.34. The minimum Gasteiger partial charge on any atom is -0.479 e. The topological polar surface area (TPSA) is 116 Å². The number of carboxylic acids is 1. The third-order valence-corrected chi connectivity index (χ3v) is 4.00. The van der Waals surface area contributed by atoms with E-state index in [2.05, 4.69) is 15.7 Å². The molecule has 26 heavy (non-hydrogen) atoms. The first-order valence-electron chi connectivity index (χ1n) is 8.39. The van der Waals surface area contributed by atoms with E-state index in [0.717, 1.165) is 30.3 Å². The average molecular weight is 360 g/mol. The van der Waals surface area contributed by atoms with E-state index < -0.39 is 24.1 Å². The first-order valence-corrected chi connectivity index (χ1v) is 8.39. The van der Waals surface area contributed by atoms with Crippen molar-refractivity contribution in [1.82, 2.24) is 15.1 Å². The number of aliphatic carboxylic acids is 1. The molecule has 0 aliphatic rings. The van der Waals surface area contributed by atoms with Gasteiger partial charge in [0.25, 0.3) is 0 Å². The maximum Gasteiger partial charge on any atom is 0.337 e. The van der Waals surface area contributed by atoms with Crippen molar-refractivity contribution < 1.29 is 19.8 Å². The van der Waals surface area contributed by atoms with E-state index in [1.54, 1.807) is 10.9 Å². The van der Waals surface area contributed by atoms with E-state index >= 15 is 0 Å². The molecule has 0 saturated carbocycles. The van der Waals surface area contributed by atoms with Crippen LogP contribution in [-0.4, -0.2) is 44.1 Å². The Kier molecular flexibility index (Phi) is 5.99. The first-order chi connectivity index (χ1) is 12.3. The van der Waals surface area contributed by atoms with Gasteiger partial charge in [-0.3, -0.25) is 0 Å². The number of rotatable bonds is 7. The quantitative estimate of drug-likeness (QED) is 0.603. The number of urea groups is 1. The molecule has 0 bridgehead atoms. The van der Waals surface area contributed by atoms with Crippen LogP contribution < -0.4 is 10.6 Å². The Hall–Kier alpha value is -2.87. The molecule has 0 saturated heterocycles. The van der Waals surface area contributed by atoms with E-state index in [1.165, 1.54) is 0 Å². The molecular formula is C18H24N4O4. The summed E-state index contributed by atoms with van der Waals surface area (Å²) >= 11 is 0. The highest BCUT2D eigenvalue weighted by molar-refractivity contribution is 5.90. The lowest BCUT2D eigenvalue weighted by atomic mass is 10.1. The van der Waals surface area contributed by atoms with Crippen LogP contribution in [0.4, 0.5) is 10.5 Å². The van der Waals surface area contributed by atoms with Crippen LogP contribution in [0.25, 0.3) is 5.69 Å². The van der Waals surface area contributed by atoms with Crippen LogP contribution in [0.5, 0.6) is 0 Å². The highest BCUT2D eigenvalue weighted by Gasteiger charge is 2.30. The summed E-state index contributed by atoms with van der Waals surface area (Å²) < 4.78 is 1.79. The van der Waals surface area contributed by atoms with Gasteiger partial charge in [0.1, 0.15) is 0 Å². The number of anilines is 1. The van der Waals surface area contributed by atoms with Crippen LogP contribution in [0.1, 0.15) is 31.5 Å². The van der Waals surface area contributed by atoms with Crippen molar-refractivity contribution in [2.24, 2.45) is 0 Å². The summed E-state index contributed by atoms with van der Waals surface area (Å²) in [5.74, 6) is -1.41. The highest BCUT2D eigenvalue weighted by atomic mass is 16.4. The van der Waals surface area contributed by atoms with Gasteiger partial charge in [-0.25, -0.2) is 14.3 Å². The van der Waals surface area contributed by atoms with E-state index in [1.807, 2.05) is 38.1 Å². The Morgan fingerprint density at radius 2 is 2.00 bits per heavy atom. The lowest BCUT2D eigenvalue weighted by Gasteiger charge is -2.18. The Morgan fingerprint density at radius 1 is 1.31 bits per heavy atom. The smallest absolute Gasteiger partial charge is 0.337 e. The minimum atomic E-state index is -2.03. The second-order valence-electron chi connectivity index (χ2n) is 6.34.